The number of amides is 1. The summed E-state index contributed by atoms with van der Waals surface area (Å²) in [6.45, 7) is -0.143. The quantitative estimate of drug-likeness (QED) is 0.169. The number of carbonyl (C=O) groups excluding carboxylic acids is 3. The number of cyclic esters (lactones) is 1. The number of para-hydroxylation sites is 1. The first kappa shape index (κ1) is 33.8. The first-order valence-corrected chi connectivity index (χ1v) is 16.8. The van der Waals surface area contributed by atoms with Crippen LogP contribution >= 0.6 is 0 Å². The highest BCUT2D eigenvalue weighted by atomic mass is 16.7. The van der Waals surface area contributed by atoms with Gasteiger partial charge in [-0.05, 0) is 76.9 Å². The van der Waals surface area contributed by atoms with Gasteiger partial charge in [-0.3, -0.25) is 14.4 Å². The van der Waals surface area contributed by atoms with E-state index in [9.17, 15) is 14.4 Å². The maximum Gasteiger partial charge on any atom is 0.310 e. The number of hydrogen-bond acceptors (Lipinski definition) is 12. The minimum atomic E-state index is -0.650. The molecule has 3 heterocycles. The molecule has 4 aromatic rings. The fourth-order valence-electron chi connectivity index (χ4n) is 7.55. The first-order chi connectivity index (χ1) is 25.8. The first-order valence-electron chi connectivity index (χ1n) is 16.8. The molecule has 1 aliphatic carbocycles. The molecular formula is C40H35NO12. The van der Waals surface area contributed by atoms with Crippen LogP contribution in [0.4, 0.5) is 0 Å². The number of ketones is 1. The summed E-state index contributed by atoms with van der Waals surface area (Å²) in [6.07, 6.45) is 1.64. The number of Topliss-reactive ketones (excluding diaryl/α,β-unsaturated/α-hetero) is 1. The van der Waals surface area contributed by atoms with E-state index < -0.39 is 29.7 Å². The van der Waals surface area contributed by atoms with Gasteiger partial charge < -0.3 is 47.9 Å². The number of esters is 1. The average molecular weight is 722 g/mol. The van der Waals surface area contributed by atoms with Crippen LogP contribution in [0.15, 0.2) is 72.5 Å². The lowest BCUT2D eigenvalue weighted by molar-refractivity contribution is -0.141. The van der Waals surface area contributed by atoms with Crippen molar-refractivity contribution in [3.63, 3.8) is 0 Å². The van der Waals surface area contributed by atoms with E-state index in [1.54, 1.807) is 48.5 Å². The summed E-state index contributed by atoms with van der Waals surface area (Å²) in [5.74, 6) is 1.28. The van der Waals surface area contributed by atoms with Crippen molar-refractivity contribution in [1.29, 1.82) is 0 Å². The number of fused-ring (bicyclic) bond motifs is 4. The fraction of sp³-hybridized carbons (Fsp3) is 0.275. The highest BCUT2D eigenvalue weighted by molar-refractivity contribution is 6.15. The lowest BCUT2D eigenvalue weighted by Gasteiger charge is -2.39. The van der Waals surface area contributed by atoms with Crippen LogP contribution in [-0.2, 0) is 14.3 Å². The van der Waals surface area contributed by atoms with Crippen molar-refractivity contribution in [2.24, 2.45) is 11.8 Å². The van der Waals surface area contributed by atoms with Gasteiger partial charge in [0.1, 0.15) is 5.75 Å². The van der Waals surface area contributed by atoms with Crippen LogP contribution in [0.1, 0.15) is 44.6 Å². The van der Waals surface area contributed by atoms with Crippen molar-refractivity contribution in [3.05, 3.63) is 100 Å². The number of hydrogen-bond donors (Lipinski definition) is 1. The van der Waals surface area contributed by atoms with Crippen molar-refractivity contribution >= 4 is 23.7 Å². The minimum Gasteiger partial charge on any atom is -0.493 e. The zero-order valence-corrected chi connectivity index (χ0v) is 29.3. The maximum atomic E-state index is 13.5. The average Bonchev–Trinajstić information content (AvgIpc) is 3.89. The van der Waals surface area contributed by atoms with Crippen molar-refractivity contribution in [2.75, 3.05) is 48.4 Å². The molecule has 1 N–H and O–H groups in total. The summed E-state index contributed by atoms with van der Waals surface area (Å²) in [4.78, 5) is 39.9. The molecular weight excluding hydrogens is 686 g/mol. The second kappa shape index (κ2) is 13.6. The molecule has 1 fully saturated rings. The summed E-state index contributed by atoms with van der Waals surface area (Å²) in [5, 5.41) is 3.11. The maximum absolute atomic E-state index is 13.5. The predicted octanol–water partition coefficient (Wildman–Crippen LogP) is 5.24. The molecule has 4 aliphatic rings. The van der Waals surface area contributed by atoms with E-state index in [2.05, 4.69) is 5.32 Å². The highest BCUT2D eigenvalue weighted by Crippen LogP contribution is 2.55. The topological polar surface area (TPSA) is 146 Å². The largest absolute Gasteiger partial charge is 0.493 e. The molecule has 1 saturated heterocycles. The van der Waals surface area contributed by atoms with Gasteiger partial charge in [0.05, 0.1) is 52.6 Å². The van der Waals surface area contributed by atoms with Gasteiger partial charge >= 0.3 is 5.97 Å². The Kier molecular flexibility index (Phi) is 8.69. The number of rotatable bonds is 10. The van der Waals surface area contributed by atoms with E-state index in [1.165, 1.54) is 28.4 Å². The molecule has 0 unspecified atom stereocenters. The summed E-state index contributed by atoms with van der Waals surface area (Å²) in [5.41, 5.74) is 3.42. The fourth-order valence-corrected chi connectivity index (χ4v) is 7.55. The lowest BCUT2D eigenvalue weighted by Crippen LogP contribution is -2.44. The standard InChI is InChI=1S/C40H35NO12/c1-45-27-7-5-6-23-37(43)30(53-38(23)27)12-20-8-10-22(11-9-20)49-18-33(42)41-36-25-16-29-28(51-19-52-29)15-24(25)34(35-26(36)17-50-40(35)44)21-13-31(46-2)39(48-4)32(14-21)47-3/h5-16,26,34-36H,17-19H2,1-4H3,(H,41,42)/b30-12-/t26-,34+,35-,36+/m0/s1. The van der Waals surface area contributed by atoms with Gasteiger partial charge in [-0.1, -0.05) is 18.2 Å². The number of methoxy groups -OCH3 is 4. The Balaban J connectivity index is 1.03. The van der Waals surface area contributed by atoms with E-state index in [0.29, 0.717) is 57.1 Å². The third-order valence-corrected chi connectivity index (χ3v) is 9.98. The third-order valence-electron chi connectivity index (χ3n) is 9.98. The molecule has 4 atom stereocenters. The highest BCUT2D eigenvalue weighted by Gasteiger charge is 2.53. The summed E-state index contributed by atoms with van der Waals surface area (Å²) in [7, 11) is 6.11. The lowest BCUT2D eigenvalue weighted by atomic mass is 9.65. The monoisotopic (exact) mass is 721 g/mol. The van der Waals surface area contributed by atoms with Crippen LogP contribution in [0.2, 0.25) is 0 Å². The number of benzene rings is 4. The summed E-state index contributed by atoms with van der Waals surface area (Å²) < 4.78 is 51.0. The van der Waals surface area contributed by atoms with E-state index in [4.69, 9.17) is 42.6 Å². The second-order valence-electron chi connectivity index (χ2n) is 12.8. The summed E-state index contributed by atoms with van der Waals surface area (Å²) >= 11 is 0. The van der Waals surface area contributed by atoms with Crippen molar-refractivity contribution < 1.29 is 57.0 Å². The van der Waals surface area contributed by atoms with Gasteiger partial charge in [-0.25, -0.2) is 0 Å². The Labute approximate surface area is 304 Å². The molecule has 272 valence electrons. The van der Waals surface area contributed by atoms with E-state index in [1.807, 2.05) is 24.3 Å². The molecule has 0 spiro atoms. The van der Waals surface area contributed by atoms with Crippen LogP contribution in [0, 0.1) is 11.8 Å². The molecule has 3 aliphatic heterocycles. The van der Waals surface area contributed by atoms with Gasteiger partial charge in [0.15, 0.2) is 46.9 Å². The molecule has 4 aromatic carbocycles. The molecule has 0 saturated carbocycles. The second-order valence-corrected chi connectivity index (χ2v) is 12.8. The molecule has 1 amide bonds. The zero-order valence-electron chi connectivity index (χ0n) is 29.3. The van der Waals surface area contributed by atoms with Gasteiger partial charge in [0.25, 0.3) is 5.91 Å². The van der Waals surface area contributed by atoms with Gasteiger partial charge in [-0.15, -0.1) is 0 Å². The molecule has 8 rings (SSSR count). The number of nitrogens with one attached hydrogen (secondary N) is 1. The van der Waals surface area contributed by atoms with Gasteiger partial charge in [0.2, 0.25) is 18.3 Å². The molecule has 0 aromatic heterocycles. The molecule has 0 bridgehead atoms. The smallest absolute Gasteiger partial charge is 0.310 e. The normalized spacial score (nSPS) is 21.2. The van der Waals surface area contributed by atoms with E-state index in [-0.39, 0.29) is 37.5 Å². The zero-order chi connectivity index (χ0) is 36.8. The van der Waals surface area contributed by atoms with Crippen LogP contribution in [0.5, 0.6) is 46.0 Å². The van der Waals surface area contributed by atoms with Crippen molar-refractivity contribution in [1.82, 2.24) is 5.32 Å². The Bertz CT molecular complexity index is 2130. The predicted molar refractivity (Wildman–Crippen MR) is 187 cm³/mol. The molecule has 53 heavy (non-hydrogen) atoms. The number of carbonyl (C=O) groups is 3. The van der Waals surface area contributed by atoms with Crippen LogP contribution in [0.25, 0.3) is 6.08 Å². The summed E-state index contributed by atoms with van der Waals surface area (Å²) in [6, 6.07) is 18.8. The Morgan fingerprint density at radius 1 is 0.830 bits per heavy atom. The van der Waals surface area contributed by atoms with Crippen LogP contribution < -0.4 is 43.2 Å². The van der Waals surface area contributed by atoms with Crippen LogP contribution in [-0.4, -0.2) is 66.1 Å². The number of ether oxygens (including phenoxy) is 9. The van der Waals surface area contributed by atoms with Crippen molar-refractivity contribution in [3.8, 4) is 46.0 Å². The van der Waals surface area contributed by atoms with Crippen LogP contribution in [0.3, 0.4) is 0 Å². The number of allylic oxidation sites excluding steroid dienone is 1. The third kappa shape index (κ3) is 5.87. The molecule has 0 radical (unpaired) electrons. The van der Waals surface area contributed by atoms with Gasteiger partial charge in [-0.2, -0.15) is 0 Å². The SMILES string of the molecule is COc1cc([C@@H]2c3cc4c(cc3[C@@H](NC(=O)COc3ccc(/C=C5\Oc6c(OC)cccc6C5=O)cc3)[C@H]3COC(=O)[C@H]23)OCO4)cc(OC)c1OC. The van der Waals surface area contributed by atoms with E-state index in [0.717, 1.165) is 16.7 Å². The molecule has 13 heteroatoms. The van der Waals surface area contributed by atoms with E-state index >= 15 is 0 Å². The minimum absolute atomic E-state index is 0.0501. The van der Waals surface area contributed by atoms with Gasteiger partial charge in [0, 0.05) is 11.8 Å². The molecule has 13 nitrogen and oxygen atoms in total. The van der Waals surface area contributed by atoms with Crippen molar-refractivity contribution in [2.45, 2.75) is 12.0 Å². The Morgan fingerprint density at radius 2 is 1.53 bits per heavy atom. The Hall–Kier alpha value is -6.37. The Morgan fingerprint density at radius 3 is 2.21 bits per heavy atom.